The number of rotatable bonds is 5. The number of fused-ring (bicyclic) bond motifs is 1. The molecule has 118 valence electrons. The van der Waals surface area contributed by atoms with E-state index < -0.39 is 0 Å². The smallest absolute Gasteiger partial charge is 0.246 e. The highest BCUT2D eigenvalue weighted by molar-refractivity contribution is 5.81. The van der Waals surface area contributed by atoms with E-state index in [0.29, 0.717) is 25.6 Å². The summed E-state index contributed by atoms with van der Waals surface area (Å²) in [4.78, 5) is 18.6. The molecule has 3 heterocycles. The van der Waals surface area contributed by atoms with Crippen molar-refractivity contribution in [3.05, 3.63) is 30.4 Å². The Balaban J connectivity index is 1.97. The summed E-state index contributed by atoms with van der Waals surface area (Å²) < 4.78 is 3.98. The standard InChI is InChI=1S/C15H22N6O/c1-4-20-9-14-18-17-13(8-19-6-5-16-10-19)21(14)12(15(20)22)7-11(2)3/h5-6,10-12H,4,7-9H2,1-3H3/t12-/m0/s1. The molecule has 1 atom stereocenters. The fraction of sp³-hybridized carbons (Fsp3) is 0.600. The SMILES string of the molecule is CCN1Cc2nnc(Cn3ccnc3)n2[C@@H](CC(C)C)C1=O. The number of carbonyl (C=O) groups excluding carboxylic acids is 1. The van der Waals surface area contributed by atoms with Crippen molar-refractivity contribution in [2.45, 2.75) is 46.3 Å². The van der Waals surface area contributed by atoms with Gasteiger partial charge in [0.1, 0.15) is 6.04 Å². The molecule has 0 N–H and O–H groups in total. The number of imidazole rings is 1. The van der Waals surface area contributed by atoms with Crippen LogP contribution in [0.2, 0.25) is 0 Å². The maximum absolute atomic E-state index is 12.7. The van der Waals surface area contributed by atoms with Crippen LogP contribution in [0.3, 0.4) is 0 Å². The summed E-state index contributed by atoms with van der Waals surface area (Å²) in [5.41, 5.74) is 0. The minimum Gasteiger partial charge on any atom is -0.334 e. The average Bonchev–Trinajstić information content (AvgIpc) is 3.12. The summed E-state index contributed by atoms with van der Waals surface area (Å²) in [5, 5.41) is 8.63. The minimum atomic E-state index is -0.197. The van der Waals surface area contributed by atoms with Crippen molar-refractivity contribution in [2.75, 3.05) is 6.54 Å². The molecule has 0 radical (unpaired) electrons. The van der Waals surface area contributed by atoms with E-state index in [1.165, 1.54) is 0 Å². The van der Waals surface area contributed by atoms with Crippen LogP contribution in [0.1, 0.15) is 44.9 Å². The van der Waals surface area contributed by atoms with Gasteiger partial charge in [0.05, 0.1) is 19.4 Å². The monoisotopic (exact) mass is 302 g/mol. The van der Waals surface area contributed by atoms with Gasteiger partial charge in [0.25, 0.3) is 0 Å². The highest BCUT2D eigenvalue weighted by Gasteiger charge is 2.35. The molecule has 0 unspecified atom stereocenters. The van der Waals surface area contributed by atoms with Crippen molar-refractivity contribution in [2.24, 2.45) is 5.92 Å². The van der Waals surface area contributed by atoms with Crippen LogP contribution in [0.15, 0.2) is 18.7 Å². The van der Waals surface area contributed by atoms with E-state index in [1.54, 1.807) is 12.5 Å². The Hall–Kier alpha value is -2.18. The van der Waals surface area contributed by atoms with Gasteiger partial charge in [-0.15, -0.1) is 10.2 Å². The van der Waals surface area contributed by atoms with E-state index in [9.17, 15) is 4.79 Å². The van der Waals surface area contributed by atoms with Gasteiger partial charge in [-0.3, -0.25) is 9.36 Å². The molecule has 22 heavy (non-hydrogen) atoms. The number of hydrogen-bond donors (Lipinski definition) is 0. The Labute approximate surface area is 130 Å². The summed E-state index contributed by atoms with van der Waals surface area (Å²) in [7, 11) is 0. The number of amides is 1. The first-order chi connectivity index (χ1) is 10.6. The van der Waals surface area contributed by atoms with Crippen LogP contribution in [0, 0.1) is 5.92 Å². The molecule has 7 heteroatoms. The van der Waals surface area contributed by atoms with Gasteiger partial charge < -0.3 is 9.47 Å². The first-order valence-electron chi connectivity index (χ1n) is 7.77. The zero-order valence-corrected chi connectivity index (χ0v) is 13.3. The summed E-state index contributed by atoms with van der Waals surface area (Å²) in [6, 6.07) is -0.197. The van der Waals surface area contributed by atoms with Crippen LogP contribution in [0.5, 0.6) is 0 Å². The van der Waals surface area contributed by atoms with Crippen molar-refractivity contribution < 1.29 is 4.79 Å². The fourth-order valence-corrected chi connectivity index (χ4v) is 2.97. The molecule has 1 amide bonds. The molecule has 0 bridgehead atoms. The van der Waals surface area contributed by atoms with Crippen LogP contribution < -0.4 is 0 Å². The van der Waals surface area contributed by atoms with E-state index >= 15 is 0 Å². The maximum atomic E-state index is 12.7. The van der Waals surface area contributed by atoms with Gasteiger partial charge in [-0.1, -0.05) is 13.8 Å². The van der Waals surface area contributed by atoms with Gasteiger partial charge in [0.15, 0.2) is 11.6 Å². The molecule has 0 aliphatic carbocycles. The third-order valence-electron chi connectivity index (χ3n) is 4.04. The molecule has 0 spiro atoms. The van der Waals surface area contributed by atoms with E-state index in [2.05, 4.69) is 29.0 Å². The second kappa shape index (κ2) is 5.90. The van der Waals surface area contributed by atoms with Crippen LogP contribution in [-0.2, 0) is 17.9 Å². The number of carbonyl (C=O) groups is 1. The Kier molecular flexibility index (Phi) is 3.96. The van der Waals surface area contributed by atoms with E-state index in [-0.39, 0.29) is 11.9 Å². The second-order valence-electron chi connectivity index (χ2n) is 6.14. The molecule has 3 rings (SSSR count). The lowest BCUT2D eigenvalue weighted by Crippen LogP contribution is -2.43. The normalized spacial score (nSPS) is 18.1. The minimum absolute atomic E-state index is 0.176. The third kappa shape index (κ3) is 2.63. The van der Waals surface area contributed by atoms with Crippen LogP contribution in [0.4, 0.5) is 0 Å². The van der Waals surface area contributed by atoms with Crippen molar-refractivity contribution in [3.8, 4) is 0 Å². The fourth-order valence-electron chi connectivity index (χ4n) is 2.97. The van der Waals surface area contributed by atoms with E-state index in [4.69, 9.17) is 0 Å². The van der Waals surface area contributed by atoms with Crippen molar-refractivity contribution in [1.82, 2.24) is 29.2 Å². The molecule has 1 aliphatic rings. The van der Waals surface area contributed by atoms with Crippen LogP contribution in [-0.4, -0.2) is 41.7 Å². The number of nitrogens with zero attached hydrogens (tertiary/aromatic N) is 6. The lowest BCUT2D eigenvalue weighted by Gasteiger charge is -2.34. The Morgan fingerprint density at radius 1 is 1.36 bits per heavy atom. The molecule has 7 nitrogen and oxygen atoms in total. The molecule has 1 aliphatic heterocycles. The third-order valence-corrected chi connectivity index (χ3v) is 4.04. The molecule has 0 fully saturated rings. The van der Waals surface area contributed by atoms with Gasteiger partial charge in [0, 0.05) is 18.9 Å². The van der Waals surface area contributed by atoms with E-state index in [0.717, 1.165) is 18.1 Å². The Bertz CT molecular complexity index is 645. The van der Waals surface area contributed by atoms with Crippen molar-refractivity contribution >= 4 is 5.91 Å². The molecule has 2 aromatic heterocycles. The van der Waals surface area contributed by atoms with Crippen molar-refractivity contribution in [1.29, 1.82) is 0 Å². The number of likely N-dealkylation sites (N-methyl/N-ethyl adjacent to an activating group) is 1. The zero-order valence-electron chi connectivity index (χ0n) is 13.3. The lowest BCUT2D eigenvalue weighted by molar-refractivity contribution is -0.137. The van der Waals surface area contributed by atoms with Gasteiger partial charge in [-0.05, 0) is 19.3 Å². The Morgan fingerprint density at radius 3 is 2.82 bits per heavy atom. The molecule has 0 aromatic carbocycles. The van der Waals surface area contributed by atoms with Crippen LogP contribution in [0.25, 0.3) is 0 Å². The van der Waals surface area contributed by atoms with Gasteiger partial charge in [-0.2, -0.15) is 0 Å². The van der Waals surface area contributed by atoms with Gasteiger partial charge in [-0.25, -0.2) is 4.98 Å². The highest BCUT2D eigenvalue weighted by Crippen LogP contribution is 2.28. The predicted molar refractivity (Wildman–Crippen MR) is 80.9 cm³/mol. The molecular weight excluding hydrogens is 280 g/mol. The van der Waals surface area contributed by atoms with Crippen molar-refractivity contribution in [3.63, 3.8) is 0 Å². The molecule has 0 saturated carbocycles. The Morgan fingerprint density at radius 2 is 2.18 bits per heavy atom. The number of hydrogen-bond acceptors (Lipinski definition) is 4. The molecule has 2 aromatic rings. The number of aromatic nitrogens is 5. The quantitative estimate of drug-likeness (QED) is 0.839. The molecular formula is C15H22N6O. The lowest BCUT2D eigenvalue weighted by atomic mass is 10.0. The topological polar surface area (TPSA) is 68.8 Å². The summed E-state index contributed by atoms with van der Waals surface area (Å²) in [6.45, 7) is 8.11. The predicted octanol–water partition coefficient (Wildman–Crippen LogP) is 1.47. The summed E-state index contributed by atoms with van der Waals surface area (Å²) in [6.07, 6.45) is 6.19. The highest BCUT2D eigenvalue weighted by atomic mass is 16.2. The molecule has 0 saturated heterocycles. The van der Waals surface area contributed by atoms with Gasteiger partial charge >= 0.3 is 0 Å². The summed E-state index contributed by atoms with van der Waals surface area (Å²) >= 11 is 0. The second-order valence-corrected chi connectivity index (χ2v) is 6.14. The zero-order chi connectivity index (χ0) is 15.7. The van der Waals surface area contributed by atoms with Gasteiger partial charge in [0.2, 0.25) is 5.91 Å². The first-order valence-corrected chi connectivity index (χ1v) is 7.77. The van der Waals surface area contributed by atoms with E-state index in [1.807, 2.05) is 27.2 Å². The first kappa shape index (κ1) is 14.7. The largest absolute Gasteiger partial charge is 0.334 e. The average molecular weight is 302 g/mol. The van der Waals surface area contributed by atoms with Crippen LogP contribution >= 0.6 is 0 Å². The maximum Gasteiger partial charge on any atom is 0.246 e. The summed E-state index contributed by atoms with van der Waals surface area (Å²) in [5.74, 6) is 2.31.